The molecule has 2 bridgehead atoms. The average Bonchev–Trinajstić information content (AvgIpc) is 3.81. The molecule has 0 spiro atoms. The third kappa shape index (κ3) is 6.48. The number of carbonyl (C=O) groups is 2. The molecule has 12 nitrogen and oxygen atoms in total. The number of piperazine rings is 1. The maximum atomic E-state index is 17.4. The first-order valence-electron chi connectivity index (χ1n) is 19.2. The summed E-state index contributed by atoms with van der Waals surface area (Å²) in [5, 5.41) is 2.25. The van der Waals surface area contributed by atoms with Crippen LogP contribution in [0.2, 0.25) is 0 Å². The molecule has 4 atom stereocenters. The standard InChI is InChI=1S/C41H49FN6O6/c1-6-25-9-7-10-26-17-30(53-24-51-5)18-31(33(25)26)35-34(42)36-32(19-43-35)37(46-20-27-11-12-28(21-46)48(27)39(50)54-40(2,3)4)45-38(44-36)52-23-41-14-8-16-47(41)29(22-49)13-15-41/h7,9-10,17-19,22,27-29H,6,8,11-16,20-21,23-24H2,1-5H3/t27?,28?,29-,41+/m0/s1. The van der Waals surface area contributed by atoms with Gasteiger partial charge in [0.05, 0.1) is 29.1 Å². The van der Waals surface area contributed by atoms with Crippen molar-refractivity contribution >= 4 is 39.9 Å². The van der Waals surface area contributed by atoms with Crippen LogP contribution in [-0.2, 0) is 20.7 Å². The van der Waals surface area contributed by atoms with Crippen molar-refractivity contribution in [1.29, 1.82) is 0 Å². The zero-order valence-corrected chi connectivity index (χ0v) is 31.8. The van der Waals surface area contributed by atoms with Crippen molar-refractivity contribution in [2.45, 2.75) is 102 Å². The van der Waals surface area contributed by atoms with Gasteiger partial charge in [-0.2, -0.15) is 9.97 Å². The van der Waals surface area contributed by atoms with Crippen LogP contribution in [0.1, 0.15) is 71.8 Å². The third-order valence-electron chi connectivity index (χ3n) is 11.6. The minimum atomic E-state index is -0.609. The fourth-order valence-electron chi connectivity index (χ4n) is 9.26. The lowest BCUT2D eigenvalue weighted by atomic mass is 9.95. The zero-order chi connectivity index (χ0) is 37.8. The molecule has 4 aliphatic heterocycles. The first-order valence-corrected chi connectivity index (χ1v) is 19.2. The summed E-state index contributed by atoms with van der Waals surface area (Å²) in [7, 11) is 1.55. The van der Waals surface area contributed by atoms with Crippen LogP contribution in [0.3, 0.4) is 0 Å². The Morgan fingerprint density at radius 1 is 1.07 bits per heavy atom. The van der Waals surface area contributed by atoms with Gasteiger partial charge in [0, 0.05) is 32.0 Å². The number of rotatable bonds is 10. The minimum Gasteiger partial charge on any atom is -0.468 e. The minimum absolute atomic E-state index is 0.0407. The van der Waals surface area contributed by atoms with Crippen LogP contribution in [0.5, 0.6) is 11.8 Å². The molecule has 4 aromatic rings. The summed E-state index contributed by atoms with van der Waals surface area (Å²) in [5.41, 5.74) is 0.994. The lowest BCUT2D eigenvalue weighted by Gasteiger charge is -2.42. The Kier molecular flexibility index (Phi) is 9.58. The molecule has 2 aromatic carbocycles. The number of carbonyl (C=O) groups excluding carboxylic acids is 2. The van der Waals surface area contributed by atoms with Crippen LogP contribution in [0.25, 0.3) is 32.9 Å². The number of pyridine rings is 1. The number of hydrogen-bond acceptors (Lipinski definition) is 11. The number of hydrogen-bond donors (Lipinski definition) is 0. The SMILES string of the molecule is CCc1cccc2cc(OCOC)cc(-c3ncc4c(N5CC6CCC(C5)N6C(=O)OC(C)(C)C)nc(OC[C@]56CCCN5[C@H](C=O)CC6)nc4c3F)c12. The van der Waals surface area contributed by atoms with E-state index in [1.807, 2.05) is 56.0 Å². The Bertz CT molecular complexity index is 2080. The fourth-order valence-corrected chi connectivity index (χ4v) is 9.26. The van der Waals surface area contributed by atoms with E-state index in [9.17, 15) is 9.59 Å². The average molecular weight is 741 g/mol. The molecule has 6 heterocycles. The molecule has 0 N–H and O–H groups in total. The van der Waals surface area contributed by atoms with Gasteiger partial charge >= 0.3 is 12.1 Å². The highest BCUT2D eigenvalue weighted by Crippen LogP contribution is 2.43. The lowest BCUT2D eigenvalue weighted by Crippen LogP contribution is -2.57. The number of amides is 1. The summed E-state index contributed by atoms with van der Waals surface area (Å²) >= 11 is 0. The van der Waals surface area contributed by atoms with Crippen LogP contribution >= 0.6 is 0 Å². The van der Waals surface area contributed by atoms with Gasteiger partial charge < -0.3 is 28.6 Å². The molecule has 4 fully saturated rings. The molecular formula is C41H49FN6O6. The molecule has 2 aromatic heterocycles. The molecule has 0 saturated carbocycles. The molecule has 2 unspecified atom stereocenters. The van der Waals surface area contributed by atoms with Crippen molar-refractivity contribution in [2.24, 2.45) is 0 Å². The van der Waals surface area contributed by atoms with E-state index in [-0.39, 0.29) is 53.8 Å². The van der Waals surface area contributed by atoms with Gasteiger partial charge in [-0.15, -0.1) is 0 Å². The topological polar surface area (TPSA) is 119 Å². The number of ether oxygens (including phenoxy) is 4. The number of aromatic nitrogens is 3. The van der Waals surface area contributed by atoms with Crippen LogP contribution in [0.15, 0.2) is 36.5 Å². The van der Waals surface area contributed by atoms with E-state index in [4.69, 9.17) is 33.9 Å². The van der Waals surface area contributed by atoms with E-state index in [1.54, 1.807) is 13.3 Å². The van der Waals surface area contributed by atoms with Crippen molar-refractivity contribution in [1.82, 2.24) is 24.8 Å². The highest BCUT2D eigenvalue weighted by atomic mass is 19.1. The van der Waals surface area contributed by atoms with Crippen molar-refractivity contribution < 1.29 is 32.9 Å². The Balaban J connectivity index is 1.22. The number of fused-ring (bicyclic) bond motifs is 5. The van der Waals surface area contributed by atoms with Gasteiger partial charge in [0.1, 0.15) is 41.3 Å². The van der Waals surface area contributed by atoms with Gasteiger partial charge in [-0.05, 0) is 101 Å². The summed E-state index contributed by atoms with van der Waals surface area (Å²) in [6, 6.07) is 9.51. The second kappa shape index (κ2) is 14.2. The summed E-state index contributed by atoms with van der Waals surface area (Å²) in [6.07, 6.45) is 8.28. The Hall–Kier alpha value is -4.62. The number of anilines is 1. The summed E-state index contributed by atoms with van der Waals surface area (Å²) in [5.74, 6) is 0.461. The van der Waals surface area contributed by atoms with Gasteiger partial charge in [0.2, 0.25) is 0 Å². The highest BCUT2D eigenvalue weighted by Gasteiger charge is 2.50. The maximum absolute atomic E-state index is 17.4. The van der Waals surface area contributed by atoms with Gasteiger partial charge in [-0.1, -0.05) is 25.1 Å². The fraction of sp³-hybridized carbons (Fsp3) is 0.537. The van der Waals surface area contributed by atoms with Crippen molar-refractivity contribution in [3.05, 3.63) is 47.9 Å². The van der Waals surface area contributed by atoms with Gasteiger partial charge in [-0.3, -0.25) is 14.8 Å². The molecule has 13 heteroatoms. The van der Waals surface area contributed by atoms with Crippen LogP contribution in [0.4, 0.5) is 15.0 Å². The predicted octanol–water partition coefficient (Wildman–Crippen LogP) is 6.69. The molecule has 4 aliphatic rings. The number of methoxy groups -OCH3 is 1. The second-order valence-corrected chi connectivity index (χ2v) is 16.1. The normalized spacial score (nSPS) is 24.0. The second-order valence-electron chi connectivity index (χ2n) is 16.1. The van der Waals surface area contributed by atoms with Gasteiger partial charge in [-0.25, -0.2) is 9.18 Å². The van der Waals surface area contributed by atoms with E-state index >= 15 is 4.39 Å². The monoisotopic (exact) mass is 740 g/mol. The molecule has 0 aliphatic carbocycles. The summed E-state index contributed by atoms with van der Waals surface area (Å²) < 4.78 is 40.7. The van der Waals surface area contributed by atoms with Crippen LogP contribution in [-0.4, -0.2) is 107 Å². The first kappa shape index (κ1) is 36.4. The van der Waals surface area contributed by atoms with Crippen molar-refractivity contribution in [3.63, 3.8) is 0 Å². The van der Waals surface area contributed by atoms with Gasteiger partial charge in [0.25, 0.3) is 0 Å². The number of nitrogens with zero attached hydrogens (tertiary/aromatic N) is 6. The lowest BCUT2D eigenvalue weighted by molar-refractivity contribution is -0.112. The number of aryl methyl sites for hydroxylation is 1. The Morgan fingerprint density at radius 3 is 2.59 bits per heavy atom. The molecule has 54 heavy (non-hydrogen) atoms. The quantitative estimate of drug-likeness (QED) is 0.128. The van der Waals surface area contributed by atoms with E-state index in [0.29, 0.717) is 42.2 Å². The summed E-state index contributed by atoms with van der Waals surface area (Å²) in [4.78, 5) is 45.9. The molecule has 8 rings (SSSR count). The molecular weight excluding hydrogens is 691 g/mol. The number of aldehydes is 1. The predicted molar refractivity (Wildman–Crippen MR) is 202 cm³/mol. The molecule has 0 radical (unpaired) electrons. The van der Waals surface area contributed by atoms with Crippen molar-refractivity contribution in [3.8, 4) is 23.0 Å². The number of halogens is 1. The Labute approximate surface area is 314 Å². The molecule has 286 valence electrons. The smallest absolute Gasteiger partial charge is 0.410 e. The highest BCUT2D eigenvalue weighted by molar-refractivity contribution is 6.01. The van der Waals surface area contributed by atoms with Crippen molar-refractivity contribution in [2.75, 3.05) is 45.0 Å². The first-order chi connectivity index (χ1) is 26.0. The van der Waals surface area contributed by atoms with E-state index < -0.39 is 11.4 Å². The van der Waals surface area contributed by atoms with Crippen LogP contribution < -0.4 is 14.4 Å². The largest absolute Gasteiger partial charge is 0.468 e. The molecule has 4 saturated heterocycles. The van der Waals surface area contributed by atoms with E-state index in [0.717, 1.165) is 74.1 Å². The van der Waals surface area contributed by atoms with E-state index in [1.165, 1.54) is 0 Å². The maximum Gasteiger partial charge on any atom is 0.410 e. The summed E-state index contributed by atoms with van der Waals surface area (Å²) in [6.45, 7) is 9.85. The third-order valence-corrected chi connectivity index (χ3v) is 11.6. The zero-order valence-electron chi connectivity index (χ0n) is 31.8. The number of benzene rings is 2. The Morgan fingerprint density at radius 2 is 1.87 bits per heavy atom. The van der Waals surface area contributed by atoms with Crippen LogP contribution in [0, 0.1) is 5.82 Å². The van der Waals surface area contributed by atoms with Gasteiger partial charge in [0.15, 0.2) is 12.6 Å². The molecule has 1 amide bonds. The van der Waals surface area contributed by atoms with E-state index in [2.05, 4.69) is 16.7 Å².